The summed E-state index contributed by atoms with van der Waals surface area (Å²) in [6, 6.07) is 31.6. The first-order valence-electron chi connectivity index (χ1n) is 46.8. The lowest BCUT2D eigenvalue weighted by atomic mass is 9.71. The normalized spacial score (nSPS) is 15.5. The first-order valence-corrected chi connectivity index (χ1v) is 46.8. The number of hydrogen-bond acceptors (Lipinski definition) is 22. The minimum atomic E-state index is -0.439. The van der Waals surface area contributed by atoms with Crippen LogP contribution in [0.3, 0.4) is 0 Å². The van der Waals surface area contributed by atoms with Gasteiger partial charge in [0.1, 0.15) is 17.6 Å². The molecule has 734 valence electrons. The average Bonchev–Trinajstić information content (AvgIpc) is 1.58. The highest BCUT2D eigenvalue weighted by molar-refractivity contribution is 5.90. The molecule has 2 aliphatic rings. The molecule has 131 heavy (non-hydrogen) atoms. The van der Waals surface area contributed by atoms with Gasteiger partial charge in [0, 0.05) is 50.7 Å². The molecule has 0 amide bonds. The van der Waals surface area contributed by atoms with Crippen molar-refractivity contribution < 1.29 is 85.6 Å². The fraction of sp³-hybridized carbons (Fsp3) is 0.620. The Morgan fingerprint density at radius 1 is 0.481 bits per heavy atom. The fourth-order valence-corrected chi connectivity index (χ4v) is 11.1. The van der Waals surface area contributed by atoms with E-state index in [1.54, 1.807) is 58.9 Å². The van der Waals surface area contributed by atoms with Crippen molar-refractivity contribution in [2.24, 2.45) is 35.0 Å². The number of esters is 6. The van der Waals surface area contributed by atoms with E-state index in [0.29, 0.717) is 192 Å². The highest BCUT2D eigenvalue weighted by Crippen LogP contribution is 2.58. The molecule has 2 aliphatic carbocycles. The van der Waals surface area contributed by atoms with Crippen LogP contribution in [-0.4, -0.2) is 139 Å². The summed E-state index contributed by atoms with van der Waals surface area (Å²) in [5.41, 5.74) is 6.85. The van der Waals surface area contributed by atoms with Crippen molar-refractivity contribution >= 4 is 35.8 Å². The van der Waals surface area contributed by atoms with Crippen LogP contribution in [-0.2, 0) is 88.2 Å². The quantitative estimate of drug-likeness (QED) is 0.0127. The van der Waals surface area contributed by atoms with Crippen LogP contribution >= 0.6 is 0 Å². The Labute approximate surface area is 792 Å². The molecule has 3 aromatic carbocycles. The molecular weight excluding hydrogens is 1660 g/mol. The van der Waals surface area contributed by atoms with E-state index < -0.39 is 11.9 Å². The summed E-state index contributed by atoms with van der Waals surface area (Å²) in [7, 11) is 0. The van der Waals surface area contributed by atoms with Crippen LogP contribution in [0.25, 0.3) is 4.85 Å². The molecule has 0 spiro atoms. The third kappa shape index (κ3) is 64.6. The molecule has 23 nitrogen and oxygen atoms in total. The van der Waals surface area contributed by atoms with Crippen molar-refractivity contribution in [1.29, 1.82) is 21.0 Å². The van der Waals surface area contributed by atoms with Gasteiger partial charge in [0.05, 0.1) is 147 Å². The minimum Gasteiger partial charge on any atom is -0.462 e. The van der Waals surface area contributed by atoms with E-state index in [4.69, 9.17) is 84.5 Å². The predicted octanol–water partition coefficient (Wildman–Crippen LogP) is 25.3. The lowest BCUT2D eigenvalue weighted by molar-refractivity contribution is -0.155. The molecule has 0 radical (unpaired) electrons. The van der Waals surface area contributed by atoms with Gasteiger partial charge in [-0.1, -0.05) is 212 Å². The average molecular weight is 1830 g/mol. The van der Waals surface area contributed by atoms with E-state index in [1.807, 2.05) is 90.9 Å². The van der Waals surface area contributed by atoms with Gasteiger partial charge < -0.3 is 61.7 Å². The Hall–Kier alpha value is -9.87. The number of benzene rings is 3. The number of ether oxygens (including phenoxy) is 12. The van der Waals surface area contributed by atoms with E-state index in [0.717, 1.165) is 81.3 Å². The van der Waals surface area contributed by atoms with Crippen molar-refractivity contribution in [3.63, 3.8) is 0 Å². The largest absolute Gasteiger partial charge is 0.462 e. The van der Waals surface area contributed by atoms with Gasteiger partial charge in [-0.3, -0.25) is 0 Å². The third-order valence-electron chi connectivity index (χ3n) is 22.0. The van der Waals surface area contributed by atoms with E-state index in [-0.39, 0.29) is 46.9 Å². The molecule has 2 fully saturated rings. The van der Waals surface area contributed by atoms with E-state index in [1.165, 1.54) is 36.5 Å². The molecular formula is C108H169N5O18. The Morgan fingerprint density at radius 2 is 0.870 bits per heavy atom. The molecule has 12 atom stereocenters. The molecule has 0 aromatic heterocycles. The van der Waals surface area contributed by atoms with Gasteiger partial charge in [-0.15, -0.1) is 0 Å². The summed E-state index contributed by atoms with van der Waals surface area (Å²) in [5.74, 6) is 2.42. The summed E-state index contributed by atoms with van der Waals surface area (Å²) < 4.78 is 62.4. The maximum atomic E-state index is 11.7. The van der Waals surface area contributed by atoms with Crippen LogP contribution in [0.4, 0.5) is 0 Å². The van der Waals surface area contributed by atoms with Crippen molar-refractivity contribution in [3.8, 4) is 35.8 Å². The summed E-state index contributed by atoms with van der Waals surface area (Å²) >= 11 is 0. The summed E-state index contributed by atoms with van der Waals surface area (Å²) in [6.07, 6.45) is 18.2. The number of carbonyl (C=O) groups is 6. The zero-order valence-corrected chi connectivity index (χ0v) is 85.2. The minimum absolute atomic E-state index is 0.00389. The monoisotopic (exact) mass is 1820 g/mol. The Balaban J connectivity index is -0.000000462. The highest BCUT2D eigenvalue weighted by atomic mass is 16.6. The number of carbonyl (C=O) groups excluding carboxylic acids is 6. The Bertz CT molecular complexity index is 3790. The third-order valence-corrected chi connectivity index (χ3v) is 22.0. The van der Waals surface area contributed by atoms with Gasteiger partial charge in [0.2, 0.25) is 6.54 Å². The molecule has 0 saturated heterocycles. The van der Waals surface area contributed by atoms with Gasteiger partial charge in [-0.05, 0) is 209 Å². The smallest absolute Gasteiger partial charge is 0.338 e. The number of nitrogens with zero attached hydrogens (tertiary/aromatic N) is 5. The van der Waals surface area contributed by atoms with E-state index >= 15 is 0 Å². The van der Waals surface area contributed by atoms with Crippen LogP contribution in [0.5, 0.6) is 11.5 Å². The summed E-state index contributed by atoms with van der Waals surface area (Å²) in [6.45, 7) is 84.4. The lowest BCUT2D eigenvalue weighted by Gasteiger charge is -2.39. The predicted molar refractivity (Wildman–Crippen MR) is 526 cm³/mol. The molecule has 23 heteroatoms. The molecule has 0 N–H and O–H groups in total. The van der Waals surface area contributed by atoms with Gasteiger partial charge in [-0.25, -0.2) is 35.3 Å². The van der Waals surface area contributed by atoms with Crippen molar-refractivity contribution in [2.75, 3.05) is 72.6 Å². The summed E-state index contributed by atoms with van der Waals surface area (Å²) in [5, 5.41) is 32.9. The molecule has 5 rings (SSSR count). The second-order valence-electron chi connectivity index (χ2n) is 33.5. The SMILES string of the molecule is C=C(C)C(=O)OC(C)CC.C=C(C)C(=O)OC1C2CCC(C2)C1(C)CC.C=C(C)C(=O)OCC(C)CC.C=C(C)C(=O)Oc1ccc(C(C)(CC)c2ccc(OC(=O)C(=C)C)cc2)cc1.C=CC(=O)OCC(C)CC.CCC(C)OCCC#N.CCC(C)OCCOCCC#N.CCC(C)OCCOCCC#N.CCC(C)c1ccc(COCCC#N)cc1.[C-]#[N+]CC(C)CC. The molecule has 12 unspecified atom stereocenters. The topological polar surface area (TPSA) is 313 Å². The lowest BCUT2D eigenvalue weighted by Crippen LogP contribution is -2.40. The van der Waals surface area contributed by atoms with Gasteiger partial charge in [0.25, 0.3) is 0 Å². The van der Waals surface area contributed by atoms with E-state index in [2.05, 4.69) is 165 Å². The molecule has 0 heterocycles. The maximum absolute atomic E-state index is 11.7. The molecule has 2 bridgehead atoms. The zero-order valence-electron chi connectivity index (χ0n) is 85.2. The van der Waals surface area contributed by atoms with Crippen LogP contribution < -0.4 is 9.47 Å². The van der Waals surface area contributed by atoms with Gasteiger partial charge in [0.15, 0.2) is 0 Å². The summed E-state index contributed by atoms with van der Waals surface area (Å²) in [4.78, 5) is 70.4. The van der Waals surface area contributed by atoms with Crippen LogP contribution in [0, 0.1) is 86.9 Å². The molecule has 0 aliphatic heterocycles. The highest BCUT2D eigenvalue weighted by Gasteiger charge is 2.56. The van der Waals surface area contributed by atoms with Crippen molar-refractivity contribution in [2.45, 2.75) is 331 Å². The second kappa shape index (κ2) is 80.9. The Kier molecular flexibility index (Phi) is 80.1. The number of hydrogen-bond donors (Lipinski definition) is 0. The van der Waals surface area contributed by atoms with Crippen molar-refractivity contribution in [3.05, 3.63) is 180 Å². The first kappa shape index (κ1) is 130. The van der Waals surface area contributed by atoms with Crippen LogP contribution in [0.15, 0.2) is 146 Å². The number of fused-ring (bicyclic) bond motifs is 2. The maximum Gasteiger partial charge on any atom is 0.338 e. The van der Waals surface area contributed by atoms with E-state index in [9.17, 15) is 28.8 Å². The standard InChI is InChI=1S/C24H26O4.C14H19NO.C14H22O2.2C9H17NO2.C9H16O2.2C8H14O2.C7H13NO.C6H11N/c1-7-24(6,18-8-12-20(13-9-18)27-22(25)16(2)3)19-10-14-21(15-11-19)28-23(26)17(4)5;1-3-12(2)14-7-5-13(6-8-14)11-16-10-4-9-15;1-5-14(4)11-7-6-10(8-11)12(14)16-13(15)9(2)3;2*1-3-9(2)12-8-7-11-6-4-5-10;1-5-8(4)6-11-9(10)7(2)3;1-5-7(4)10-8(9)6(2)3;1-4-7(3)6-10-8(9)5-2;1-3-7(2)9-6-4-5-8;1-4-6(2)5-7-3/h8-15H,2,4,7H2,1,3,5-6H3;5-8,12H,3-4,10-11H2,1-2H3;10-12H,2,5-8H2,1,3-4H3;2*9H,3-4,6-8H2,1-2H3;8H,2,5-6H2,1,3-4H3;7H,2,5H2,1,3-4H3;5,7H,2,4,6H2,1,3H3;7H,3-4,6H2,1-2H3;6H,4-5H2,1-2H3. The number of nitriles is 4. The number of rotatable bonds is 47. The van der Waals surface area contributed by atoms with Crippen LogP contribution in [0.1, 0.15) is 310 Å². The van der Waals surface area contributed by atoms with Crippen molar-refractivity contribution in [1.82, 2.24) is 0 Å². The van der Waals surface area contributed by atoms with Gasteiger partial charge >= 0.3 is 35.8 Å². The fourth-order valence-electron chi connectivity index (χ4n) is 11.1. The second-order valence-corrected chi connectivity index (χ2v) is 33.5. The van der Waals surface area contributed by atoms with Gasteiger partial charge in [-0.2, -0.15) is 21.0 Å². The van der Waals surface area contributed by atoms with Crippen LogP contribution in [0.2, 0.25) is 0 Å². The first-order chi connectivity index (χ1) is 62.0. The Morgan fingerprint density at radius 3 is 1.21 bits per heavy atom. The zero-order chi connectivity index (χ0) is 101. The molecule has 3 aromatic rings. The molecule has 2 saturated carbocycles.